The largest absolute Gasteiger partial charge is 0.324 e. The standard InChI is InChI=1S/C18H13Cl2N5O3/c19-10-4-6-13(7-5-10)25-17(27)15-16(18(25)28)24(23-22-15)9-14(26)21-12-3-1-2-11(20)8-12/h1-8,15-16H,9H2,(H,21,26)/t15-,16-/m1/s1. The van der Waals surface area contributed by atoms with Crippen molar-refractivity contribution in [1.82, 2.24) is 5.01 Å². The number of carbonyl (C=O) groups excluding carboxylic acids is 3. The van der Waals surface area contributed by atoms with Crippen LogP contribution in [0.4, 0.5) is 11.4 Å². The van der Waals surface area contributed by atoms with E-state index < -0.39 is 29.8 Å². The van der Waals surface area contributed by atoms with Crippen LogP contribution in [0.15, 0.2) is 58.9 Å². The van der Waals surface area contributed by atoms with Crippen molar-refractivity contribution in [3.8, 4) is 0 Å². The first-order chi connectivity index (χ1) is 13.4. The third-order valence-electron chi connectivity index (χ3n) is 4.36. The number of hydrogen-bond acceptors (Lipinski definition) is 6. The molecule has 0 unspecified atom stereocenters. The molecule has 4 rings (SSSR count). The Kier molecular flexibility index (Phi) is 4.74. The molecule has 0 aliphatic carbocycles. The highest BCUT2D eigenvalue weighted by atomic mass is 35.5. The smallest absolute Gasteiger partial charge is 0.263 e. The van der Waals surface area contributed by atoms with Gasteiger partial charge < -0.3 is 5.32 Å². The number of amides is 3. The fourth-order valence-corrected chi connectivity index (χ4v) is 3.43. The lowest BCUT2D eigenvalue weighted by molar-refractivity contribution is -0.123. The fraction of sp³-hybridized carbons (Fsp3) is 0.167. The van der Waals surface area contributed by atoms with Gasteiger partial charge in [-0.2, -0.15) is 5.11 Å². The van der Waals surface area contributed by atoms with Crippen molar-refractivity contribution in [3.05, 3.63) is 58.6 Å². The van der Waals surface area contributed by atoms with Crippen LogP contribution in [0.3, 0.4) is 0 Å². The first-order valence-electron chi connectivity index (χ1n) is 8.30. The number of nitrogens with zero attached hydrogens (tertiary/aromatic N) is 4. The zero-order valence-corrected chi connectivity index (χ0v) is 15.8. The topological polar surface area (TPSA) is 94.4 Å². The quantitative estimate of drug-likeness (QED) is 0.773. The molecule has 1 N–H and O–H groups in total. The summed E-state index contributed by atoms with van der Waals surface area (Å²) in [4.78, 5) is 38.8. The van der Waals surface area contributed by atoms with Crippen LogP contribution < -0.4 is 10.2 Å². The van der Waals surface area contributed by atoms with E-state index >= 15 is 0 Å². The van der Waals surface area contributed by atoms with Crippen molar-refractivity contribution in [2.75, 3.05) is 16.8 Å². The molecule has 2 atom stereocenters. The molecule has 2 heterocycles. The predicted molar refractivity (Wildman–Crippen MR) is 103 cm³/mol. The Morgan fingerprint density at radius 1 is 1.04 bits per heavy atom. The molecule has 0 spiro atoms. The highest BCUT2D eigenvalue weighted by Crippen LogP contribution is 2.32. The maximum absolute atomic E-state index is 12.8. The molecule has 3 amide bonds. The number of carbonyl (C=O) groups is 3. The Morgan fingerprint density at radius 2 is 1.79 bits per heavy atom. The number of imide groups is 1. The Labute approximate surface area is 169 Å². The second-order valence-electron chi connectivity index (χ2n) is 6.24. The lowest BCUT2D eigenvalue weighted by atomic mass is 10.1. The van der Waals surface area contributed by atoms with Crippen LogP contribution in [0.5, 0.6) is 0 Å². The molecule has 142 valence electrons. The summed E-state index contributed by atoms with van der Waals surface area (Å²) in [6, 6.07) is 11.1. The molecular formula is C18H13Cl2N5O3. The molecule has 2 aliphatic rings. The van der Waals surface area contributed by atoms with Crippen LogP contribution in [-0.2, 0) is 14.4 Å². The number of anilines is 2. The highest BCUT2D eigenvalue weighted by Gasteiger charge is 2.55. The summed E-state index contributed by atoms with van der Waals surface area (Å²) in [7, 11) is 0. The minimum Gasteiger partial charge on any atom is -0.324 e. The Morgan fingerprint density at radius 3 is 2.50 bits per heavy atom. The summed E-state index contributed by atoms with van der Waals surface area (Å²) < 4.78 is 0. The first kappa shape index (κ1) is 18.4. The SMILES string of the molecule is O=C(CN1N=N[C@H]2C(=O)N(c3ccc(Cl)cc3)C(=O)[C@@H]21)Nc1cccc(Cl)c1. The summed E-state index contributed by atoms with van der Waals surface area (Å²) in [6.07, 6.45) is 0. The Hall–Kier alpha value is -2.97. The van der Waals surface area contributed by atoms with Gasteiger partial charge >= 0.3 is 0 Å². The lowest BCUT2D eigenvalue weighted by Crippen LogP contribution is -2.43. The van der Waals surface area contributed by atoms with E-state index in [-0.39, 0.29) is 6.54 Å². The molecule has 0 radical (unpaired) electrons. The minimum absolute atomic E-state index is 0.231. The van der Waals surface area contributed by atoms with Gasteiger partial charge in [-0.25, -0.2) is 4.90 Å². The summed E-state index contributed by atoms with van der Waals surface area (Å²) in [5.74, 6) is -1.39. The average molecular weight is 418 g/mol. The van der Waals surface area contributed by atoms with Gasteiger partial charge in [-0.1, -0.05) is 34.5 Å². The van der Waals surface area contributed by atoms with Crippen LogP contribution in [0, 0.1) is 0 Å². The Balaban J connectivity index is 1.48. The van der Waals surface area contributed by atoms with Crippen LogP contribution in [0.2, 0.25) is 10.0 Å². The monoisotopic (exact) mass is 417 g/mol. The second-order valence-corrected chi connectivity index (χ2v) is 7.11. The van der Waals surface area contributed by atoms with E-state index in [1.54, 1.807) is 48.5 Å². The molecule has 1 fully saturated rings. The van der Waals surface area contributed by atoms with E-state index in [0.29, 0.717) is 21.4 Å². The second kappa shape index (κ2) is 7.21. The van der Waals surface area contributed by atoms with Crippen molar-refractivity contribution in [2.24, 2.45) is 10.3 Å². The minimum atomic E-state index is -0.970. The Bertz CT molecular complexity index is 995. The van der Waals surface area contributed by atoms with E-state index in [1.165, 1.54) is 5.01 Å². The number of halogens is 2. The van der Waals surface area contributed by atoms with E-state index in [0.717, 1.165) is 4.90 Å². The third-order valence-corrected chi connectivity index (χ3v) is 4.84. The molecule has 8 nitrogen and oxygen atoms in total. The normalized spacial score (nSPS) is 20.6. The molecule has 0 aromatic heterocycles. The summed E-state index contributed by atoms with van der Waals surface area (Å²) in [5, 5.41) is 12.6. The molecule has 2 aromatic carbocycles. The van der Waals surface area contributed by atoms with Crippen LogP contribution in [0.1, 0.15) is 0 Å². The summed E-state index contributed by atoms with van der Waals surface area (Å²) >= 11 is 11.8. The lowest BCUT2D eigenvalue weighted by Gasteiger charge is -2.20. The van der Waals surface area contributed by atoms with Gasteiger partial charge in [0.2, 0.25) is 5.91 Å². The van der Waals surface area contributed by atoms with Crippen LogP contribution >= 0.6 is 23.2 Å². The van der Waals surface area contributed by atoms with Gasteiger partial charge in [-0.15, -0.1) is 0 Å². The van der Waals surface area contributed by atoms with Gasteiger partial charge in [-0.05, 0) is 42.5 Å². The van der Waals surface area contributed by atoms with Crippen LogP contribution in [-0.4, -0.2) is 41.4 Å². The van der Waals surface area contributed by atoms with Gasteiger partial charge in [0.15, 0.2) is 12.1 Å². The number of nitrogens with one attached hydrogen (secondary N) is 1. The average Bonchev–Trinajstić information content (AvgIpc) is 3.16. The van der Waals surface area contributed by atoms with Crippen molar-refractivity contribution in [2.45, 2.75) is 12.1 Å². The molecular weight excluding hydrogens is 405 g/mol. The molecule has 1 saturated heterocycles. The number of benzene rings is 2. The van der Waals surface area contributed by atoms with Crippen molar-refractivity contribution in [3.63, 3.8) is 0 Å². The summed E-state index contributed by atoms with van der Waals surface area (Å²) in [5.41, 5.74) is 0.911. The number of fused-ring (bicyclic) bond motifs is 1. The number of hydrogen-bond donors (Lipinski definition) is 1. The zero-order chi connectivity index (χ0) is 19.8. The maximum Gasteiger partial charge on any atom is 0.263 e. The van der Waals surface area contributed by atoms with E-state index in [9.17, 15) is 14.4 Å². The van der Waals surface area contributed by atoms with Gasteiger partial charge in [0.1, 0.15) is 6.54 Å². The molecule has 2 aliphatic heterocycles. The molecule has 2 aromatic rings. The fourth-order valence-electron chi connectivity index (χ4n) is 3.11. The van der Waals surface area contributed by atoms with Crippen molar-refractivity contribution >= 4 is 52.3 Å². The highest BCUT2D eigenvalue weighted by molar-refractivity contribution is 6.31. The molecule has 10 heteroatoms. The first-order valence-corrected chi connectivity index (χ1v) is 9.06. The zero-order valence-electron chi connectivity index (χ0n) is 14.3. The van der Waals surface area contributed by atoms with Gasteiger partial charge in [0.25, 0.3) is 11.8 Å². The van der Waals surface area contributed by atoms with Gasteiger partial charge in [-0.3, -0.25) is 19.4 Å². The van der Waals surface area contributed by atoms with Crippen LogP contribution in [0.25, 0.3) is 0 Å². The van der Waals surface area contributed by atoms with Gasteiger partial charge in [0.05, 0.1) is 5.69 Å². The molecule has 0 bridgehead atoms. The third kappa shape index (κ3) is 3.32. The summed E-state index contributed by atoms with van der Waals surface area (Å²) in [6.45, 7) is -0.231. The van der Waals surface area contributed by atoms with Crippen molar-refractivity contribution < 1.29 is 14.4 Å². The predicted octanol–water partition coefficient (Wildman–Crippen LogP) is 2.93. The molecule has 28 heavy (non-hydrogen) atoms. The molecule has 0 saturated carbocycles. The van der Waals surface area contributed by atoms with E-state index in [4.69, 9.17) is 23.2 Å². The van der Waals surface area contributed by atoms with Gasteiger partial charge in [0, 0.05) is 15.7 Å². The van der Waals surface area contributed by atoms with E-state index in [1.807, 2.05) is 0 Å². The van der Waals surface area contributed by atoms with Crippen molar-refractivity contribution in [1.29, 1.82) is 0 Å². The van der Waals surface area contributed by atoms with E-state index in [2.05, 4.69) is 15.7 Å². The maximum atomic E-state index is 12.8. The number of rotatable bonds is 4.